The Hall–Kier alpha value is -2.36. The first-order valence-corrected chi connectivity index (χ1v) is 6.38. The number of fused-ring (bicyclic) bond motifs is 1. The predicted molar refractivity (Wildman–Crippen MR) is 78.4 cm³/mol. The van der Waals surface area contributed by atoms with Gasteiger partial charge in [0, 0.05) is 24.0 Å². The number of hydrogen-bond donors (Lipinski definition) is 2. The molecule has 0 saturated heterocycles. The number of amides is 1. The summed E-state index contributed by atoms with van der Waals surface area (Å²) in [6, 6.07) is 1.91. The maximum atomic E-state index is 12.3. The van der Waals surface area contributed by atoms with E-state index in [2.05, 4.69) is 26.3 Å². The van der Waals surface area contributed by atoms with E-state index in [9.17, 15) is 4.79 Å². The van der Waals surface area contributed by atoms with Crippen LogP contribution in [0.4, 0.5) is 0 Å². The van der Waals surface area contributed by atoms with Gasteiger partial charge in [-0.1, -0.05) is 0 Å². The Morgan fingerprint density at radius 3 is 2.95 bits per heavy atom. The molecule has 0 aliphatic heterocycles. The smallest absolute Gasteiger partial charge is 0.255 e. The number of nitriles is 1. The van der Waals surface area contributed by atoms with Gasteiger partial charge in [-0.2, -0.15) is 5.26 Å². The highest BCUT2D eigenvalue weighted by molar-refractivity contribution is 6.31. The lowest BCUT2D eigenvalue weighted by Crippen LogP contribution is -2.42. The Morgan fingerprint density at radius 1 is 1.60 bits per heavy atom. The normalized spacial score (nSPS) is 12.9. The summed E-state index contributed by atoms with van der Waals surface area (Å²) in [4.78, 5) is 23.7. The number of rotatable bonds is 3. The van der Waals surface area contributed by atoms with Crippen LogP contribution < -0.4 is 10.9 Å². The molecule has 0 radical (unpaired) electrons. The van der Waals surface area contributed by atoms with Crippen molar-refractivity contribution in [3.63, 3.8) is 0 Å². The molecule has 0 bridgehead atoms. The quantitative estimate of drug-likeness (QED) is 0.760. The summed E-state index contributed by atoms with van der Waals surface area (Å²) >= 11 is 0. The molecular formula is C13H16BN5O. The van der Waals surface area contributed by atoms with E-state index in [4.69, 9.17) is 5.26 Å². The molecule has 0 aromatic carbocycles. The van der Waals surface area contributed by atoms with Gasteiger partial charge in [-0.05, 0) is 20.8 Å². The number of nitrogens with one attached hydrogen (secondary N) is 2. The van der Waals surface area contributed by atoms with Gasteiger partial charge in [0.05, 0.1) is 17.0 Å². The SMILES string of the molecule is Bc1cnc2[nH]cc(C(=O)N[C@@H](C)C(C)(C)C#N)c2n1. The van der Waals surface area contributed by atoms with Crippen molar-refractivity contribution in [2.75, 3.05) is 0 Å². The van der Waals surface area contributed by atoms with Gasteiger partial charge in [0.1, 0.15) is 5.52 Å². The maximum Gasteiger partial charge on any atom is 0.255 e. The van der Waals surface area contributed by atoms with E-state index in [0.717, 1.165) is 5.59 Å². The van der Waals surface area contributed by atoms with Crippen LogP contribution in [-0.2, 0) is 0 Å². The molecule has 0 unspecified atom stereocenters. The zero-order chi connectivity index (χ0) is 14.9. The molecule has 2 heterocycles. The average Bonchev–Trinajstić information content (AvgIpc) is 2.81. The second-order valence-electron chi connectivity index (χ2n) is 5.44. The van der Waals surface area contributed by atoms with E-state index in [0.29, 0.717) is 16.7 Å². The first kappa shape index (κ1) is 14.1. The van der Waals surface area contributed by atoms with Gasteiger partial charge in [-0.15, -0.1) is 0 Å². The van der Waals surface area contributed by atoms with Crippen molar-refractivity contribution in [1.29, 1.82) is 5.26 Å². The molecule has 0 fully saturated rings. The summed E-state index contributed by atoms with van der Waals surface area (Å²) in [6.45, 7) is 5.39. The number of carbonyl (C=O) groups excluding carboxylic acids is 1. The fourth-order valence-corrected chi connectivity index (χ4v) is 1.70. The number of carbonyl (C=O) groups is 1. The molecular weight excluding hydrogens is 253 g/mol. The first-order valence-electron chi connectivity index (χ1n) is 6.38. The van der Waals surface area contributed by atoms with Crippen molar-refractivity contribution in [2.45, 2.75) is 26.8 Å². The number of H-pyrrole nitrogens is 1. The Bertz CT molecular complexity index is 700. The van der Waals surface area contributed by atoms with E-state index >= 15 is 0 Å². The third-order valence-corrected chi connectivity index (χ3v) is 3.46. The fraction of sp³-hybridized carbons (Fsp3) is 0.385. The maximum absolute atomic E-state index is 12.3. The van der Waals surface area contributed by atoms with Gasteiger partial charge >= 0.3 is 0 Å². The zero-order valence-electron chi connectivity index (χ0n) is 12.0. The molecule has 2 aromatic heterocycles. The zero-order valence-corrected chi connectivity index (χ0v) is 12.0. The Labute approximate surface area is 118 Å². The summed E-state index contributed by atoms with van der Waals surface area (Å²) in [7, 11) is 1.82. The van der Waals surface area contributed by atoms with Gasteiger partial charge in [0.2, 0.25) is 0 Å². The van der Waals surface area contributed by atoms with E-state index in [1.807, 2.05) is 14.8 Å². The molecule has 0 saturated carbocycles. The molecule has 102 valence electrons. The average molecular weight is 269 g/mol. The van der Waals surface area contributed by atoms with E-state index in [1.54, 1.807) is 26.2 Å². The van der Waals surface area contributed by atoms with Crippen LogP contribution >= 0.6 is 0 Å². The Morgan fingerprint density at radius 2 is 2.30 bits per heavy atom. The monoisotopic (exact) mass is 269 g/mol. The van der Waals surface area contributed by atoms with Crippen molar-refractivity contribution in [3.8, 4) is 6.07 Å². The van der Waals surface area contributed by atoms with Crippen LogP contribution in [0.25, 0.3) is 11.2 Å². The summed E-state index contributed by atoms with van der Waals surface area (Å²) in [5.41, 5.74) is 1.68. The molecule has 0 aliphatic carbocycles. The molecule has 1 atom stereocenters. The minimum atomic E-state index is -0.636. The molecule has 0 spiro atoms. The van der Waals surface area contributed by atoms with Crippen molar-refractivity contribution >= 4 is 30.5 Å². The van der Waals surface area contributed by atoms with Gasteiger partial charge in [-0.25, -0.2) is 4.98 Å². The molecule has 2 N–H and O–H groups in total. The van der Waals surface area contributed by atoms with Crippen molar-refractivity contribution in [3.05, 3.63) is 18.0 Å². The Balaban J connectivity index is 2.29. The molecule has 2 rings (SSSR count). The molecule has 7 heteroatoms. The van der Waals surface area contributed by atoms with E-state index < -0.39 is 5.41 Å². The second-order valence-corrected chi connectivity index (χ2v) is 5.44. The lowest BCUT2D eigenvalue weighted by atomic mass is 9.87. The van der Waals surface area contributed by atoms with Crippen LogP contribution in [0.5, 0.6) is 0 Å². The lowest BCUT2D eigenvalue weighted by molar-refractivity contribution is 0.0921. The highest BCUT2D eigenvalue weighted by atomic mass is 16.1. The van der Waals surface area contributed by atoms with Crippen LogP contribution in [0.2, 0.25) is 0 Å². The van der Waals surface area contributed by atoms with Crippen LogP contribution in [0.1, 0.15) is 31.1 Å². The van der Waals surface area contributed by atoms with Crippen LogP contribution in [0, 0.1) is 16.7 Å². The van der Waals surface area contributed by atoms with Gasteiger partial charge < -0.3 is 10.3 Å². The molecule has 1 amide bonds. The molecule has 0 aliphatic rings. The van der Waals surface area contributed by atoms with Gasteiger partial charge in [0.15, 0.2) is 13.5 Å². The Kier molecular flexibility index (Phi) is 3.49. The summed E-state index contributed by atoms with van der Waals surface area (Å²) in [6.07, 6.45) is 3.23. The summed E-state index contributed by atoms with van der Waals surface area (Å²) in [5.74, 6) is -0.257. The van der Waals surface area contributed by atoms with E-state index in [1.165, 1.54) is 0 Å². The molecule has 2 aromatic rings. The van der Waals surface area contributed by atoms with Crippen molar-refractivity contribution in [1.82, 2.24) is 20.3 Å². The van der Waals surface area contributed by atoms with Crippen LogP contribution in [-0.4, -0.2) is 34.7 Å². The highest BCUT2D eigenvalue weighted by Gasteiger charge is 2.28. The summed E-state index contributed by atoms with van der Waals surface area (Å²) in [5, 5.41) is 11.9. The standard InChI is InChI=1S/C13H16BN5O/c1-7(13(2,3)6-15)18-12(20)8-4-16-11-10(8)19-9(14)5-17-11/h4-5,7H,14H2,1-3H3,(H,16,17)(H,18,20)/t7-/m0/s1. The third-order valence-electron chi connectivity index (χ3n) is 3.46. The lowest BCUT2D eigenvalue weighted by Gasteiger charge is -2.25. The van der Waals surface area contributed by atoms with Gasteiger partial charge in [0.25, 0.3) is 5.91 Å². The van der Waals surface area contributed by atoms with Gasteiger partial charge in [-0.3, -0.25) is 9.78 Å². The highest BCUT2D eigenvalue weighted by Crippen LogP contribution is 2.20. The number of aromatic nitrogens is 3. The second kappa shape index (κ2) is 4.97. The van der Waals surface area contributed by atoms with E-state index in [-0.39, 0.29) is 11.9 Å². The van der Waals surface area contributed by atoms with Crippen molar-refractivity contribution in [2.24, 2.45) is 5.41 Å². The summed E-state index contributed by atoms with van der Waals surface area (Å²) < 4.78 is 0. The minimum absolute atomic E-state index is 0.257. The number of hydrogen-bond acceptors (Lipinski definition) is 4. The predicted octanol–water partition coefficient (Wildman–Crippen LogP) is -0.116. The van der Waals surface area contributed by atoms with Crippen molar-refractivity contribution < 1.29 is 4.79 Å². The number of nitrogens with zero attached hydrogens (tertiary/aromatic N) is 3. The molecule has 20 heavy (non-hydrogen) atoms. The third kappa shape index (κ3) is 2.50. The topological polar surface area (TPSA) is 94.5 Å². The molecule has 6 nitrogen and oxygen atoms in total. The largest absolute Gasteiger partial charge is 0.348 e. The van der Waals surface area contributed by atoms with Crippen LogP contribution in [0.3, 0.4) is 0 Å². The fourth-order valence-electron chi connectivity index (χ4n) is 1.70. The van der Waals surface area contributed by atoms with Crippen LogP contribution in [0.15, 0.2) is 12.4 Å². The minimum Gasteiger partial charge on any atom is -0.348 e. The number of aromatic amines is 1. The first-order chi connectivity index (χ1) is 9.35.